The first kappa shape index (κ1) is 12.0. The Balaban J connectivity index is 1.82. The van der Waals surface area contributed by atoms with E-state index in [1.54, 1.807) is 6.26 Å². The normalized spacial score (nSPS) is 17.8. The van der Waals surface area contributed by atoms with Gasteiger partial charge in [-0.3, -0.25) is 4.79 Å². The van der Waals surface area contributed by atoms with Crippen LogP contribution in [0.2, 0.25) is 0 Å². The van der Waals surface area contributed by atoms with E-state index in [1.165, 1.54) is 5.56 Å². The molecule has 0 radical (unpaired) electrons. The van der Waals surface area contributed by atoms with Crippen molar-refractivity contribution >= 4 is 5.91 Å². The first-order valence-corrected chi connectivity index (χ1v) is 6.68. The monoisotopic (exact) mass is 255 g/mol. The third kappa shape index (κ3) is 2.28. The molecule has 0 fully saturated rings. The van der Waals surface area contributed by atoms with Gasteiger partial charge in [0.25, 0.3) is 5.91 Å². The van der Waals surface area contributed by atoms with E-state index in [9.17, 15) is 4.79 Å². The summed E-state index contributed by atoms with van der Waals surface area (Å²) in [4.78, 5) is 12.2. The van der Waals surface area contributed by atoms with Crippen molar-refractivity contribution in [3.63, 3.8) is 0 Å². The number of hydrogen-bond acceptors (Lipinski definition) is 2. The first-order valence-electron chi connectivity index (χ1n) is 6.68. The number of rotatable bonds is 2. The minimum Gasteiger partial charge on any atom is -0.469 e. The fourth-order valence-corrected chi connectivity index (χ4v) is 2.76. The van der Waals surface area contributed by atoms with Gasteiger partial charge in [0.05, 0.1) is 12.3 Å². The Hall–Kier alpha value is -2.03. The molecule has 19 heavy (non-hydrogen) atoms. The van der Waals surface area contributed by atoms with Gasteiger partial charge < -0.3 is 9.73 Å². The van der Waals surface area contributed by atoms with Gasteiger partial charge in [-0.05, 0) is 37.5 Å². The maximum absolute atomic E-state index is 12.2. The van der Waals surface area contributed by atoms with Gasteiger partial charge >= 0.3 is 0 Å². The molecule has 1 aliphatic carbocycles. The summed E-state index contributed by atoms with van der Waals surface area (Å²) in [6, 6.07) is 9.42. The summed E-state index contributed by atoms with van der Waals surface area (Å²) >= 11 is 0. The molecule has 0 spiro atoms. The largest absolute Gasteiger partial charge is 0.469 e. The molecule has 1 aliphatic rings. The van der Waals surface area contributed by atoms with Crippen molar-refractivity contribution in [3.05, 3.63) is 59.0 Å². The van der Waals surface area contributed by atoms with E-state index < -0.39 is 0 Å². The number of carbonyl (C=O) groups excluding carboxylic acids is 1. The molecule has 1 N–H and O–H groups in total. The third-order valence-corrected chi connectivity index (χ3v) is 3.69. The van der Waals surface area contributed by atoms with Crippen molar-refractivity contribution in [1.82, 2.24) is 5.32 Å². The quantitative estimate of drug-likeness (QED) is 0.893. The zero-order valence-corrected chi connectivity index (χ0v) is 11.0. The molecule has 3 rings (SSSR count). The standard InChI is InChI=1S/C16H17NO2/c1-11-10-19-14-9-5-8-13(15(11)14)17-16(18)12-6-3-2-4-7-12/h2-4,6-7,10,13H,5,8-9H2,1H3,(H,17,18)/t13-/m1/s1. The smallest absolute Gasteiger partial charge is 0.251 e. The van der Waals surface area contributed by atoms with Crippen LogP contribution < -0.4 is 5.32 Å². The molecule has 2 aromatic rings. The van der Waals surface area contributed by atoms with Crippen LogP contribution in [-0.2, 0) is 6.42 Å². The second-order valence-corrected chi connectivity index (χ2v) is 5.04. The molecule has 1 atom stereocenters. The molecule has 0 unspecified atom stereocenters. The molecule has 1 aromatic carbocycles. The van der Waals surface area contributed by atoms with Gasteiger partial charge in [0, 0.05) is 17.5 Å². The van der Waals surface area contributed by atoms with Crippen LogP contribution in [0.4, 0.5) is 0 Å². The summed E-state index contributed by atoms with van der Waals surface area (Å²) in [7, 11) is 0. The summed E-state index contributed by atoms with van der Waals surface area (Å²) in [6.45, 7) is 2.04. The Kier molecular flexibility index (Phi) is 3.11. The highest BCUT2D eigenvalue weighted by Gasteiger charge is 2.26. The topological polar surface area (TPSA) is 42.2 Å². The summed E-state index contributed by atoms with van der Waals surface area (Å²) in [5, 5.41) is 3.12. The molecule has 0 aliphatic heterocycles. The lowest BCUT2D eigenvalue weighted by Crippen LogP contribution is -2.30. The molecule has 1 amide bonds. The minimum atomic E-state index is -0.0148. The number of aryl methyl sites for hydroxylation is 2. The average Bonchev–Trinajstić information content (AvgIpc) is 2.83. The Labute approximate surface area is 112 Å². The van der Waals surface area contributed by atoms with Crippen molar-refractivity contribution in [2.45, 2.75) is 32.2 Å². The zero-order valence-electron chi connectivity index (χ0n) is 11.0. The fourth-order valence-electron chi connectivity index (χ4n) is 2.76. The van der Waals surface area contributed by atoms with Gasteiger partial charge in [0.2, 0.25) is 0 Å². The molecule has 1 aromatic heterocycles. The van der Waals surface area contributed by atoms with Gasteiger partial charge in [-0.15, -0.1) is 0 Å². The second kappa shape index (κ2) is 4.92. The SMILES string of the molecule is Cc1coc2c1[C@H](NC(=O)c1ccccc1)CCC2. The number of hydrogen-bond donors (Lipinski definition) is 1. The fraction of sp³-hybridized carbons (Fsp3) is 0.312. The maximum Gasteiger partial charge on any atom is 0.251 e. The van der Waals surface area contributed by atoms with E-state index in [1.807, 2.05) is 37.3 Å². The molecular formula is C16H17NO2. The summed E-state index contributed by atoms with van der Waals surface area (Å²) in [5.41, 5.74) is 3.01. The lowest BCUT2D eigenvalue weighted by Gasteiger charge is -2.23. The number of carbonyl (C=O) groups is 1. The highest BCUT2D eigenvalue weighted by Crippen LogP contribution is 2.33. The predicted molar refractivity (Wildman–Crippen MR) is 73.0 cm³/mol. The van der Waals surface area contributed by atoms with Gasteiger partial charge in [0.1, 0.15) is 5.76 Å². The third-order valence-electron chi connectivity index (χ3n) is 3.69. The number of benzene rings is 1. The minimum absolute atomic E-state index is 0.0148. The predicted octanol–water partition coefficient (Wildman–Crippen LogP) is 3.40. The Bertz CT molecular complexity index is 586. The average molecular weight is 255 g/mol. The van der Waals surface area contributed by atoms with Crippen LogP contribution in [0, 0.1) is 6.92 Å². The highest BCUT2D eigenvalue weighted by molar-refractivity contribution is 5.94. The number of furan rings is 1. The molecule has 3 nitrogen and oxygen atoms in total. The van der Waals surface area contributed by atoms with Crippen LogP contribution in [0.5, 0.6) is 0 Å². The van der Waals surface area contributed by atoms with E-state index >= 15 is 0 Å². The van der Waals surface area contributed by atoms with E-state index in [2.05, 4.69) is 5.32 Å². The Morgan fingerprint density at radius 2 is 2.11 bits per heavy atom. The van der Waals surface area contributed by atoms with Crippen LogP contribution in [0.15, 0.2) is 41.0 Å². The van der Waals surface area contributed by atoms with Crippen molar-refractivity contribution < 1.29 is 9.21 Å². The lowest BCUT2D eigenvalue weighted by atomic mass is 9.90. The van der Waals surface area contributed by atoms with Gasteiger partial charge in [-0.2, -0.15) is 0 Å². The molecule has 1 heterocycles. The molecule has 3 heteroatoms. The summed E-state index contributed by atoms with van der Waals surface area (Å²) in [6.07, 6.45) is 4.80. The molecule has 0 saturated heterocycles. The Morgan fingerprint density at radius 3 is 2.89 bits per heavy atom. The maximum atomic E-state index is 12.2. The summed E-state index contributed by atoms with van der Waals surface area (Å²) < 4.78 is 5.55. The van der Waals surface area contributed by atoms with Crippen LogP contribution in [0.3, 0.4) is 0 Å². The van der Waals surface area contributed by atoms with Crippen molar-refractivity contribution in [1.29, 1.82) is 0 Å². The van der Waals surface area contributed by atoms with Crippen molar-refractivity contribution in [3.8, 4) is 0 Å². The van der Waals surface area contributed by atoms with Crippen LogP contribution in [0.25, 0.3) is 0 Å². The van der Waals surface area contributed by atoms with Crippen LogP contribution in [-0.4, -0.2) is 5.91 Å². The number of amides is 1. The van der Waals surface area contributed by atoms with Gasteiger partial charge in [0.15, 0.2) is 0 Å². The van der Waals surface area contributed by atoms with E-state index in [0.29, 0.717) is 5.56 Å². The second-order valence-electron chi connectivity index (χ2n) is 5.04. The number of nitrogens with one attached hydrogen (secondary N) is 1. The Morgan fingerprint density at radius 1 is 1.32 bits per heavy atom. The first-order chi connectivity index (χ1) is 9.25. The van der Waals surface area contributed by atoms with Crippen molar-refractivity contribution in [2.75, 3.05) is 0 Å². The van der Waals surface area contributed by atoms with Gasteiger partial charge in [-0.25, -0.2) is 0 Å². The van der Waals surface area contributed by atoms with E-state index in [4.69, 9.17) is 4.42 Å². The molecule has 98 valence electrons. The van der Waals surface area contributed by atoms with Crippen LogP contribution in [0.1, 0.15) is 46.1 Å². The lowest BCUT2D eigenvalue weighted by molar-refractivity contribution is 0.0932. The highest BCUT2D eigenvalue weighted by atomic mass is 16.3. The van der Waals surface area contributed by atoms with Crippen molar-refractivity contribution in [2.24, 2.45) is 0 Å². The molecular weight excluding hydrogens is 238 g/mol. The van der Waals surface area contributed by atoms with Gasteiger partial charge in [-0.1, -0.05) is 18.2 Å². The summed E-state index contributed by atoms with van der Waals surface area (Å²) in [5.74, 6) is 1.01. The zero-order chi connectivity index (χ0) is 13.2. The van der Waals surface area contributed by atoms with Crippen LogP contribution >= 0.6 is 0 Å². The number of fused-ring (bicyclic) bond motifs is 1. The molecule has 0 bridgehead atoms. The van der Waals surface area contributed by atoms with E-state index in [0.717, 1.165) is 30.6 Å². The molecule has 0 saturated carbocycles. The van der Waals surface area contributed by atoms with E-state index in [-0.39, 0.29) is 11.9 Å².